The van der Waals surface area contributed by atoms with Gasteiger partial charge in [-0.2, -0.15) is 0 Å². The summed E-state index contributed by atoms with van der Waals surface area (Å²) in [6, 6.07) is 19.9. The van der Waals surface area contributed by atoms with Crippen LogP contribution in [0.25, 0.3) is 0 Å². The summed E-state index contributed by atoms with van der Waals surface area (Å²) in [6.07, 6.45) is 1.03. The van der Waals surface area contributed by atoms with E-state index in [1.165, 1.54) is 0 Å². The molecular formula is C21H24N2O2. The van der Waals surface area contributed by atoms with Gasteiger partial charge in [-0.25, -0.2) is 0 Å². The van der Waals surface area contributed by atoms with E-state index in [2.05, 4.69) is 0 Å². The van der Waals surface area contributed by atoms with Crippen molar-refractivity contribution in [1.29, 1.82) is 0 Å². The van der Waals surface area contributed by atoms with Crippen molar-refractivity contribution in [2.45, 2.75) is 18.9 Å². The van der Waals surface area contributed by atoms with E-state index in [0.29, 0.717) is 13.0 Å². The second-order valence-corrected chi connectivity index (χ2v) is 6.68. The first-order valence-corrected chi connectivity index (χ1v) is 8.68. The van der Waals surface area contributed by atoms with Crippen LogP contribution in [0.5, 0.6) is 0 Å². The van der Waals surface area contributed by atoms with Crippen molar-refractivity contribution >= 4 is 11.8 Å². The fraction of sp³-hybridized carbons (Fsp3) is 0.333. The van der Waals surface area contributed by atoms with E-state index in [9.17, 15) is 9.59 Å². The fourth-order valence-corrected chi connectivity index (χ4v) is 3.48. The second kappa shape index (κ2) is 7.51. The van der Waals surface area contributed by atoms with Crippen LogP contribution in [0.1, 0.15) is 30.0 Å². The lowest BCUT2D eigenvalue weighted by atomic mass is 9.92. The molecular weight excluding hydrogens is 312 g/mol. The largest absolute Gasteiger partial charge is 0.346 e. The van der Waals surface area contributed by atoms with Gasteiger partial charge < -0.3 is 9.80 Å². The Morgan fingerprint density at radius 3 is 2.04 bits per heavy atom. The Bertz CT molecular complexity index is 691. The third-order valence-electron chi connectivity index (χ3n) is 4.97. The van der Waals surface area contributed by atoms with Gasteiger partial charge in [-0.05, 0) is 17.5 Å². The van der Waals surface area contributed by atoms with Gasteiger partial charge in [0.05, 0.1) is 6.04 Å². The third kappa shape index (κ3) is 3.73. The molecule has 0 unspecified atom stereocenters. The number of carbonyl (C=O) groups excluding carboxylic acids is 2. The van der Waals surface area contributed by atoms with Crippen molar-refractivity contribution in [2.75, 3.05) is 20.6 Å². The summed E-state index contributed by atoms with van der Waals surface area (Å²) in [7, 11) is 3.64. The topological polar surface area (TPSA) is 40.6 Å². The van der Waals surface area contributed by atoms with Gasteiger partial charge in [0.2, 0.25) is 11.8 Å². The molecule has 0 N–H and O–H groups in total. The second-order valence-electron chi connectivity index (χ2n) is 6.68. The molecule has 2 aromatic carbocycles. The molecule has 0 aromatic heterocycles. The molecule has 1 fully saturated rings. The van der Waals surface area contributed by atoms with Crippen molar-refractivity contribution in [3.63, 3.8) is 0 Å². The first-order valence-electron chi connectivity index (χ1n) is 8.68. The molecule has 0 aliphatic carbocycles. The minimum atomic E-state index is -0.233. The summed E-state index contributed by atoms with van der Waals surface area (Å²) in [5, 5.41) is 0. The summed E-state index contributed by atoms with van der Waals surface area (Å²) in [5.41, 5.74) is 2.15. The predicted octanol–water partition coefficient (Wildman–Crippen LogP) is 3.10. The molecule has 1 aliphatic heterocycles. The lowest BCUT2D eigenvalue weighted by molar-refractivity contribution is -0.144. The minimum absolute atomic E-state index is 0.0409. The zero-order valence-electron chi connectivity index (χ0n) is 14.8. The van der Waals surface area contributed by atoms with Crippen molar-refractivity contribution in [1.82, 2.24) is 9.80 Å². The Morgan fingerprint density at radius 1 is 1.04 bits per heavy atom. The maximum Gasteiger partial charge on any atom is 0.226 e. The molecule has 1 aliphatic rings. The van der Waals surface area contributed by atoms with Gasteiger partial charge in [-0.15, -0.1) is 0 Å². The molecule has 130 valence electrons. The van der Waals surface area contributed by atoms with Crippen LogP contribution in [-0.4, -0.2) is 42.3 Å². The van der Waals surface area contributed by atoms with Crippen LogP contribution < -0.4 is 0 Å². The standard InChI is InChI=1S/C21H24N2O2/c1-22-14-13-18(15-19(22)24)21(25)23(2)20(16-9-5-3-6-10-16)17-11-7-4-8-12-17/h3-12,18,20H,13-15H2,1-2H3/t18-/m0/s1. The highest BCUT2D eigenvalue weighted by atomic mass is 16.2. The summed E-state index contributed by atoms with van der Waals surface area (Å²) < 4.78 is 0. The minimum Gasteiger partial charge on any atom is -0.346 e. The molecule has 1 saturated heterocycles. The van der Waals surface area contributed by atoms with Crippen LogP contribution in [0.3, 0.4) is 0 Å². The predicted molar refractivity (Wildman–Crippen MR) is 97.9 cm³/mol. The number of likely N-dealkylation sites (tertiary alicyclic amines) is 1. The van der Waals surface area contributed by atoms with Gasteiger partial charge >= 0.3 is 0 Å². The van der Waals surface area contributed by atoms with Crippen LogP contribution in [0.4, 0.5) is 0 Å². The van der Waals surface area contributed by atoms with Crippen molar-refractivity contribution in [3.05, 3.63) is 71.8 Å². The quantitative estimate of drug-likeness (QED) is 0.861. The number of carbonyl (C=O) groups is 2. The maximum absolute atomic E-state index is 13.1. The molecule has 1 atom stereocenters. The zero-order chi connectivity index (χ0) is 17.8. The third-order valence-corrected chi connectivity index (χ3v) is 4.97. The zero-order valence-corrected chi connectivity index (χ0v) is 14.8. The number of hydrogen-bond donors (Lipinski definition) is 0. The van der Waals surface area contributed by atoms with E-state index in [1.807, 2.05) is 67.7 Å². The summed E-state index contributed by atoms with van der Waals surface area (Å²) in [6.45, 7) is 0.643. The highest BCUT2D eigenvalue weighted by Gasteiger charge is 2.33. The molecule has 25 heavy (non-hydrogen) atoms. The monoisotopic (exact) mass is 336 g/mol. The van der Waals surface area contributed by atoms with Crippen molar-refractivity contribution in [2.24, 2.45) is 5.92 Å². The number of nitrogens with zero attached hydrogens (tertiary/aromatic N) is 2. The normalized spacial score (nSPS) is 17.6. The van der Waals surface area contributed by atoms with Gasteiger partial charge in [0, 0.05) is 33.0 Å². The lowest BCUT2D eigenvalue weighted by Crippen LogP contribution is -2.43. The van der Waals surface area contributed by atoms with Gasteiger partial charge in [0.1, 0.15) is 0 Å². The first-order chi connectivity index (χ1) is 12.1. The number of rotatable bonds is 4. The molecule has 1 heterocycles. The summed E-state index contributed by atoms with van der Waals surface area (Å²) in [4.78, 5) is 28.6. The smallest absolute Gasteiger partial charge is 0.226 e. The Kier molecular flexibility index (Phi) is 5.17. The average molecular weight is 336 g/mol. The Morgan fingerprint density at radius 2 is 1.56 bits per heavy atom. The van der Waals surface area contributed by atoms with Gasteiger partial charge in [-0.1, -0.05) is 60.7 Å². The molecule has 0 saturated carbocycles. The highest BCUT2D eigenvalue weighted by molar-refractivity contribution is 5.87. The Balaban J connectivity index is 1.88. The van der Waals surface area contributed by atoms with Gasteiger partial charge in [0.15, 0.2) is 0 Å². The van der Waals surface area contributed by atoms with Crippen LogP contribution in [0.15, 0.2) is 60.7 Å². The fourth-order valence-electron chi connectivity index (χ4n) is 3.48. The number of piperidine rings is 1. The molecule has 4 nitrogen and oxygen atoms in total. The van der Waals surface area contributed by atoms with Crippen LogP contribution in [0, 0.1) is 5.92 Å². The Hall–Kier alpha value is -2.62. The molecule has 2 amide bonds. The number of benzene rings is 2. The van der Waals surface area contributed by atoms with E-state index in [-0.39, 0.29) is 23.8 Å². The molecule has 2 aromatic rings. The molecule has 0 spiro atoms. The number of amides is 2. The summed E-state index contributed by atoms with van der Waals surface area (Å²) >= 11 is 0. The molecule has 0 bridgehead atoms. The van der Waals surface area contributed by atoms with E-state index in [1.54, 1.807) is 16.8 Å². The van der Waals surface area contributed by atoms with Crippen molar-refractivity contribution in [3.8, 4) is 0 Å². The maximum atomic E-state index is 13.1. The van der Waals surface area contributed by atoms with E-state index < -0.39 is 0 Å². The van der Waals surface area contributed by atoms with Gasteiger partial charge in [0.25, 0.3) is 0 Å². The molecule has 4 heteroatoms. The van der Waals surface area contributed by atoms with E-state index >= 15 is 0 Å². The molecule has 0 radical (unpaired) electrons. The van der Waals surface area contributed by atoms with E-state index in [4.69, 9.17) is 0 Å². The molecule has 3 rings (SSSR count). The first kappa shape index (κ1) is 17.2. The Labute approximate surface area is 149 Å². The SMILES string of the molecule is CN1CC[C@H](C(=O)N(C)C(c2ccccc2)c2ccccc2)CC1=O. The van der Waals surface area contributed by atoms with Crippen molar-refractivity contribution < 1.29 is 9.59 Å². The summed E-state index contributed by atoms with van der Waals surface area (Å²) in [5.74, 6) is -0.142. The van der Waals surface area contributed by atoms with Crippen LogP contribution >= 0.6 is 0 Å². The van der Waals surface area contributed by atoms with Gasteiger partial charge in [-0.3, -0.25) is 9.59 Å². The average Bonchev–Trinajstić information content (AvgIpc) is 2.65. The van der Waals surface area contributed by atoms with Crippen LogP contribution in [-0.2, 0) is 9.59 Å². The lowest BCUT2D eigenvalue weighted by Gasteiger charge is -2.35. The van der Waals surface area contributed by atoms with E-state index in [0.717, 1.165) is 17.5 Å². The highest BCUT2D eigenvalue weighted by Crippen LogP contribution is 2.30. The number of hydrogen-bond acceptors (Lipinski definition) is 2. The van der Waals surface area contributed by atoms with Crippen LogP contribution in [0.2, 0.25) is 0 Å².